The van der Waals surface area contributed by atoms with Crippen LogP contribution in [0.25, 0.3) is 27.7 Å². The Morgan fingerprint density at radius 3 is 2.40 bits per heavy atom. The van der Waals surface area contributed by atoms with E-state index in [1.165, 1.54) is 27.7 Å². The average molecular weight is 258 g/mol. The normalized spacial score (nSPS) is 11.0. The molecule has 1 N–H and O–H groups in total. The van der Waals surface area contributed by atoms with E-state index in [1.54, 1.807) is 0 Å². The third-order valence-electron chi connectivity index (χ3n) is 3.65. The number of nitrogens with zero attached hydrogens (tertiary/aromatic N) is 1. The number of nitrogens with one attached hydrogen (secondary N) is 1. The van der Waals surface area contributed by atoms with Crippen molar-refractivity contribution in [2.24, 2.45) is 0 Å². The van der Waals surface area contributed by atoms with Crippen molar-refractivity contribution in [1.29, 1.82) is 0 Å². The first-order valence-corrected chi connectivity index (χ1v) is 6.72. The third kappa shape index (κ3) is 1.74. The third-order valence-corrected chi connectivity index (χ3v) is 3.65. The maximum absolute atomic E-state index is 3.35. The van der Waals surface area contributed by atoms with Gasteiger partial charge in [0.2, 0.25) is 0 Å². The standard InChI is InChI=1S/C18H14N2/c1-2-6-14(7-3-1)17-13-19-18-9-8-15(12-16(17)18)20-10-4-5-11-20/h1-13,19H. The monoisotopic (exact) mass is 258 g/mol. The Labute approximate surface area is 117 Å². The highest BCUT2D eigenvalue weighted by atomic mass is 14.9. The summed E-state index contributed by atoms with van der Waals surface area (Å²) in [6.45, 7) is 0. The molecule has 2 aromatic heterocycles. The van der Waals surface area contributed by atoms with Gasteiger partial charge >= 0.3 is 0 Å². The quantitative estimate of drug-likeness (QED) is 0.541. The summed E-state index contributed by atoms with van der Waals surface area (Å²) >= 11 is 0. The minimum Gasteiger partial charge on any atom is -0.361 e. The lowest BCUT2D eigenvalue weighted by Gasteiger charge is -2.04. The van der Waals surface area contributed by atoms with Crippen LogP contribution in [0.4, 0.5) is 0 Å². The molecule has 0 radical (unpaired) electrons. The first-order valence-electron chi connectivity index (χ1n) is 6.72. The molecule has 0 saturated carbocycles. The van der Waals surface area contributed by atoms with E-state index in [0.717, 1.165) is 0 Å². The van der Waals surface area contributed by atoms with Crippen LogP contribution in [-0.2, 0) is 0 Å². The maximum atomic E-state index is 3.35. The molecule has 0 atom stereocenters. The van der Waals surface area contributed by atoms with Crippen molar-refractivity contribution < 1.29 is 0 Å². The van der Waals surface area contributed by atoms with E-state index in [0.29, 0.717) is 0 Å². The number of fused-ring (bicyclic) bond motifs is 1. The van der Waals surface area contributed by atoms with Crippen molar-refractivity contribution >= 4 is 10.9 Å². The Bertz CT molecular complexity index is 840. The fraction of sp³-hybridized carbons (Fsp3) is 0. The van der Waals surface area contributed by atoms with E-state index in [9.17, 15) is 0 Å². The van der Waals surface area contributed by atoms with Crippen LogP contribution < -0.4 is 0 Å². The summed E-state index contributed by atoms with van der Waals surface area (Å²) in [6, 6.07) is 21.1. The number of rotatable bonds is 2. The molecule has 0 aliphatic heterocycles. The van der Waals surface area contributed by atoms with Crippen LogP contribution in [0.15, 0.2) is 79.3 Å². The number of benzene rings is 2. The van der Waals surface area contributed by atoms with Crippen molar-refractivity contribution in [3.05, 3.63) is 79.3 Å². The summed E-state index contributed by atoms with van der Waals surface area (Å²) in [5, 5.41) is 1.25. The van der Waals surface area contributed by atoms with Crippen molar-refractivity contribution in [1.82, 2.24) is 9.55 Å². The molecule has 0 aliphatic carbocycles. The zero-order valence-corrected chi connectivity index (χ0v) is 11.0. The van der Waals surface area contributed by atoms with E-state index in [2.05, 4.69) is 70.6 Å². The van der Waals surface area contributed by atoms with Gasteiger partial charge in [-0.05, 0) is 35.9 Å². The molecule has 96 valence electrons. The second-order valence-electron chi connectivity index (χ2n) is 4.89. The molecule has 0 saturated heterocycles. The molecule has 4 rings (SSSR count). The van der Waals surface area contributed by atoms with Crippen LogP contribution in [0.3, 0.4) is 0 Å². The Morgan fingerprint density at radius 1 is 0.800 bits per heavy atom. The van der Waals surface area contributed by atoms with Crippen molar-refractivity contribution in [2.45, 2.75) is 0 Å². The van der Waals surface area contributed by atoms with Crippen molar-refractivity contribution in [3.63, 3.8) is 0 Å². The molecule has 0 aliphatic rings. The smallest absolute Gasteiger partial charge is 0.0461 e. The van der Waals surface area contributed by atoms with Gasteiger partial charge in [-0.3, -0.25) is 0 Å². The van der Waals surface area contributed by atoms with Gasteiger partial charge in [0.25, 0.3) is 0 Å². The fourth-order valence-electron chi connectivity index (χ4n) is 2.63. The number of hydrogen-bond donors (Lipinski definition) is 1. The minimum atomic E-state index is 1.17. The minimum absolute atomic E-state index is 1.17. The second-order valence-corrected chi connectivity index (χ2v) is 4.89. The Kier molecular flexibility index (Phi) is 2.46. The van der Waals surface area contributed by atoms with Gasteiger partial charge in [0.1, 0.15) is 0 Å². The van der Waals surface area contributed by atoms with Gasteiger partial charge < -0.3 is 9.55 Å². The Morgan fingerprint density at radius 2 is 1.60 bits per heavy atom. The zero-order valence-electron chi connectivity index (χ0n) is 11.0. The SMILES string of the molecule is c1ccc(-c2c[nH]c3ccc(-n4cccc4)cc23)cc1. The second kappa shape index (κ2) is 4.42. The predicted molar refractivity (Wildman–Crippen MR) is 83.1 cm³/mol. The first-order chi connectivity index (χ1) is 9.92. The average Bonchev–Trinajstić information content (AvgIpc) is 3.17. The summed E-state index contributed by atoms with van der Waals surface area (Å²) in [6.07, 6.45) is 6.21. The first kappa shape index (κ1) is 11.1. The van der Waals surface area contributed by atoms with E-state index >= 15 is 0 Å². The Hall–Kier alpha value is -2.74. The van der Waals surface area contributed by atoms with Gasteiger partial charge in [-0.25, -0.2) is 0 Å². The van der Waals surface area contributed by atoms with Crippen LogP contribution in [0.5, 0.6) is 0 Å². The molecule has 2 nitrogen and oxygen atoms in total. The lowest BCUT2D eigenvalue weighted by atomic mass is 10.0. The fourth-order valence-corrected chi connectivity index (χ4v) is 2.63. The lowest BCUT2D eigenvalue weighted by Crippen LogP contribution is -1.88. The maximum Gasteiger partial charge on any atom is 0.0461 e. The number of aromatic nitrogens is 2. The highest BCUT2D eigenvalue weighted by molar-refractivity contribution is 5.96. The summed E-state index contributed by atoms with van der Waals surface area (Å²) < 4.78 is 2.13. The summed E-state index contributed by atoms with van der Waals surface area (Å²) in [4.78, 5) is 3.35. The van der Waals surface area contributed by atoms with Crippen LogP contribution in [0.2, 0.25) is 0 Å². The summed E-state index contributed by atoms with van der Waals surface area (Å²) in [5.74, 6) is 0. The van der Waals surface area contributed by atoms with Gasteiger partial charge in [-0.15, -0.1) is 0 Å². The molecule has 20 heavy (non-hydrogen) atoms. The lowest BCUT2D eigenvalue weighted by molar-refractivity contribution is 1.08. The van der Waals surface area contributed by atoms with E-state index < -0.39 is 0 Å². The van der Waals surface area contributed by atoms with Crippen LogP contribution in [0, 0.1) is 0 Å². The topological polar surface area (TPSA) is 20.7 Å². The Balaban J connectivity index is 1.93. The molecule has 0 fully saturated rings. The van der Waals surface area contributed by atoms with Crippen LogP contribution in [-0.4, -0.2) is 9.55 Å². The van der Waals surface area contributed by atoms with Crippen LogP contribution >= 0.6 is 0 Å². The number of aromatic amines is 1. The number of H-pyrrole nitrogens is 1. The summed E-state index contributed by atoms with van der Waals surface area (Å²) in [5.41, 5.74) is 4.83. The highest BCUT2D eigenvalue weighted by Gasteiger charge is 2.07. The van der Waals surface area contributed by atoms with Gasteiger partial charge in [0, 0.05) is 40.7 Å². The molecule has 2 aromatic carbocycles. The highest BCUT2D eigenvalue weighted by Crippen LogP contribution is 2.29. The molecule has 0 spiro atoms. The molecule has 0 bridgehead atoms. The largest absolute Gasteiger partial charge is 0.361 e. The van der Waals surface area contributed by atoms with E-state index in [-0.39, 0.29) is 0 Å². The number of hydrogen-bond acceptors (Lipinski definition) is 0. The van der Waals surface area contributed by atoms with E-state index in [4.69, 9.17) is 0 Å². The van der Waals surface area contributed by atoms with Crippen molar-refractivity contribution in [3.8, 4) is 16.8 Å². The zero-order chi connectivity index (χ0) is 13.4. The summed E-state index contributed by atoms with van der Waals surface area (Å²) in [7, 11) is 0. The van der Waals surface area contributed by atoms with Gasteiger partial charge in [0.15, 0.2) is 0 Å². The molecule has 0 unspecified atom stereocenters. The van der Waals surface area contributed by atoms with Gasteiger partial charge in [0.05, 0.1) is 0 Å². The molecular weight excluding hydrogens is 244 g/mol. The van der Waals surface area contributed by atoms with E-state index in [1.807, 2.05) is 18.2 Å². The molecule has 4 aromatic rings. The van der Waals surface area contributed by atoms with Gasteiger partial charge in [-0.2, -0.15) is 0 Å². The van der Waals surface area contributed by atoms with Crippen molar-refractivity contribution in [2.75, 3.05) is 0 Å². The predicted octanol–water partition coefficient (Wildman–Crippen LogP) is 4.63. The molecule has 2 heteroatoms. The molecule has 2 heterocycles. The van der Waals surface area contributed by atoms with Crippen LogP contribution in [0.1, 0.15) is 0 Å². The van der Waals surface area contributed by atoms with Gasteiger partial charge in [-0.1, -0.05) is 30.3 Å². The molecule has 0 amide bonds. The molecular formula is C18H14N2.